The number of rotatable bonds is 5. The molecule has 0 saturated carbocycles. The zero-order valence-corrected chi connectivity index (χ0v) is 9.69. The second kappa shape index (κ2) is 6.09. The Hall–Kier alpha value is 0.354. The van der Waals surface area contributed by atoms with Gasteiger partial charge >= 0.3 is 9.28 Å². The van der Waals surface area contributed by atoms with Gasteiger partial charge in [-0.1, -0.05) is 6.92 Å². The minimum Gasteiger partial charge on any atom is -0.441 e. The maximum absolute atomic E-state index is 5.70. The summed E-state index contributed by atoms with van der Waals surface area (Å²) in [6.45, 7) is 9.33. The van der Waals surface area contributed by atoms with Gasteiger partial charge in [-0.15, -0.1) is 0 Å². The number of hydrogen-bond donors (Lipinski definition) is 0. The molecule has 0 bridgehead atoms. The molecule has 2 nitrogen and oxygen atoms in total. The minimum atomic E-state index is -1.22. The predicted octanol–water partition coefficient (Wildman–Crippen LogP) is 1.26. The summed E-state index contributed by atoms with van der Waals surface area (Å²) in [5, 5.41) is 0. The molecule has 0 fully saturated rings. The average molecular weight is 178 g/mol. The van der Waals surface area contributed by atoms with Crippen LogP contribution >= 0.6 is 0 Å². The van der Waals surface area contributed by atoms with Gasteiger partial charge in [0.1, 0.15) is 0 Å². The fourth-order valence-electron chi connectivity index (χ4n) is 0.697. The van der Waals surface area contributed by atoms with Crippen LogP contribution in [0.1, 0.15) is 13.8 Å². The van der Waals surface area contributed by atoms with Gasteiger partial charge in [0.2, 0.25) is 0 Å². The van der Waals surface area contributed by atoms with E-state index in [2.05, 4.69) is 20.0 Å². The second-order valence-electron chi connectivity index (χ2n) is 2.38. The van der Waals surface area contributed by atoms with Crippen molar-refractivity contribution in [3.05, 3.63) is 0 Å². The molecule has 0 amide bonds. The lowest BCUT2D eigenvalue weighted by Crippen LogP contribution is -2.26. The fourth-order valence-corrected chi connectivity index (χ4v) is 4.87. The van der Waals surface area contributed by atoms with E-state index in [1.54, 1.807) is 0 Å². The lowest BCUT2D eigenvalue weighted by atomic mass is 10.9. The van der Waals surface area contributed by atoms with E-state index in [-0.39, 0.29) is 0 Å². The Morgan fingerprint density at radius 1 is 1.20 bits per heavy atom. The molecule has 2 atom stereocenters. The Balaban J connectivity index is 3.27. The molecule has 0 heterocycles. The molecule has 0 N–H and O–H groups in total. The third-order valence-electron chi connectivity index (χ3n) is 1.40. The molecule has 2 unspecified atom stereocenters. The molecule has 0 aromatic rings. The Morgan fingerprint density at radius 3 is 2.20 bits per heavy atom. The highest BCUT2D eigenvalue weighted by atomic mass is 28.4. The van der Waals surface area contributed by atoms with Crippen LogP contribution < -0.4 is 0 Å². The van der Waals surface area contributed by atoms with E-state index in [1.807, 2.05) is 6.92 Å². The van der Waals surface area contributed by atoms with E-state index in [0.717, 1.165) is 6.61 Å². The summed E-state index contributed by atoms with van der Waals surface area (Å²) in [5.74, 6) is 0. The van der Waals surface area contributed by atoms with Crippen LogP contribution in [-0.4, -0.2) is 24.9 Å². The molecule has 0 radical (unpaired) electrons. The van der Waals surface area contributed by atoms with Gasteiger partial charge in [0.05, 0.1) is 0 Å². The largest absolute Gasteiger partial charge is 0.441 e. The lowest BCUT2D eigenvalue weighted by molar-refractivity contribution is 0.288. The van der Waals surface area contributed by atoms with Crippen LogP contribution in [-0.2, 0) is 8.54 Å². The van der Waals surface area contributed by atoms with E-state index in [9.17, 15) is 0 Å². The van der Waals surface area contributed by atoms with Crippen LogP contribution in [0, 0.1) is 0 Å². The van der Waals surface area contributed by atoms with Crippen LogP contribution in [0.3, 0.4) is 0 Å². The minimum absolute atomic E-state index is 0.804. The van der Waals surface area contributed by atoms with Crippen LogP contribution in [0.4, 0.5) is 0 Å². The second-order valence-corrected chi connectivity index (χ2v) is 7.37. The van der Waals surface area contributed by atoms with E-state index < -0.39 is 18.3 Å². The van der Waals surface area contributed by atoms with Crippen LogP contribution in [0.5, 0.6) is 0 Å². The van der Waals surface area contributed by atoms with E-state index >= 15 is 0 Å². The van der Waals surface area contributed by atoms with Gasteiger partial charge in [-0.05, 0) is 26.1 Å². The van der Waals surface area contributed by atoms with Crippen LogP contribution in [0.2, 0.25) is 19.1 Å². The summed E-state index contributed by atoms with van der Waals surface area (Å²) in [6.07, 6.45) is 0. The zero-order chi connectivity index (χ0) is 7.98. The van der Waals surface area contributed by atoms with Gasteiger partial charge in [-0.25, -0.2) is 0 Å². The molecule has 62 valence electrons. The van der Waals surface area contributed by atoms with Crippen molar-refractivity contribution in [3.8, 4) is 0 Å². The van der Waals surface area contributed by atoms with E-state index in [1.165, 1.54) is 6.04 Å². The fraction of sp³-hybridized carbons (Fsp3) is 1.00. The van der Waals surface area contributed by atoms with Crippen molar-refractivity contribution in [2.75, 3.05) is 6.61 Å². The van der Waals surface area contributed by atoms with Crippen molar-refractivity contribution in [2.24, 2.45) is 0 Å². The molecule has 0 saturated heterocycles. The topological polar surface area (TPSA) is 18.5 Å². The van der Waals surface area contributed by atoms with Gasteiger partial charge in [0.15, 0.2) is 9.04 Å². The maximum Gasteiger partial charge on any atom is 0.307 e. The highest BCUT2D eigenvalue weighted by Crippen LogP contribution is 1.96. The van der Waals surface area contributed by atoms with Crippen LogP contribution in [0.25, 0.3) is 0 Å². The molecular formula is C6H18O2Si2. The highest BCUT2D eigenvalue weighted by Gasteiger charge is 2.08. The normalized spacial score (nSPS) is 16.8. The third kappa shape index (κ3) is 5.16. The van der Waals surface area contributed by atoms with Gasteiger partial charge < -0.3 is 8.54 Å². The van der Waals surface area contributed by atoms with Gasteiger partial charge in [-0.3, -0.25) is 0 Å². The molecule has 0 aromatic carbocycles. The number of hydrogen-bond acceptors (Lipinski definition) is 2. The molecule has 0 aliphatic rings. The lowest BCUT2D eigenvalue weighted by Gasteiger charge is -2.15. The standard InChI is InChI=1S/C6H18O2Si2/c1-5-7-10(4)8-9(3)6-2/h9-10H,5-6H2,1-4H3. The average Bonchev–Trinajstić information content (AvgIpc) is 1.88. The quantitative estimate of drug-likeness (QED) is 0.590. The van der Waals surface area contributed by atoms with E-state index in [4.69, 9.17) is 8.54 Å². The Morgan fingerprint density at radius 2 is 1.80 bits per heavy atom. The highest BCUT2D eigenvalue weighted by molar-refractivity contribution is 6.61. The zero-order valence-electron chi connectivity index (χ0n) is 7.39. The summed E-state index contributed by atoms with van der Waals surface area (Å²) in [7, 11) is -2.05. The molecule has 4 heteroatoms. The molecule has 0 rings (SSSR count). The SMILES string of the molecule is CCO[SiH](C)O[SiH](C)CC. The Kier molecular flexibility index (Phi) is 6.30. The summed E-state index contributed by atoms with van der Waals surface area (Å²) in [6, 6.07) is 1.21. The Labute approximate surface area is 67.1 Å². The molecule has 0 spiro atoms. The van der Waals surface area contributed by atoms with Gasteiger partial charge in [-0.2, -0.15) is 0 Å². The van der Waals surface area contributed by atoms with Gasteiger partial charge in [0, 0.05) is 6.61 Å². The van der Waals surface area contributed by atoms with Crippen molar-refractivity contribution in [3.63, 3.8) is 0 Å². The molecule has 0 aliphatic heterocycles. The monoisotopic (exact) mass is 178 g/mol. The first-order chi connectivity index (χ1) is 4.70. The summed E-state index contributed by atoms with van der Waals surface area (Å²) in [5.41, 5.74) is 0. The predicted molar refractivity (Wildman–Crippen MR) is 49.2 cm³/mol. The van der Waals surface area contributed by atoms with Crippen molar-refractivity contribution < 1.29 is 8.54 Å². The smallest absolute Gasteiger partial charge is 0.307 e. The first kappa shape index (κ1) is 10.4. The van der Waals surface area contributed by atoms with Gasteiger partial charge in [0.25, 0.3) is 0 Å². The molecule has 0 aliphatic carbocycles. The Bertz CT molecular complexity index is 80.1. The summed E-state index contributed by atoms with van der Waals surface area (Å²) >= 11 is 0. The first-order valence-electron chi connectivity index (χ1n) is 3.97. The van der Waals surface area contributed by atoms with Crippen molar-refractivity contribution in [1.29, 1.82) is 0 Å². The first-order valence-corrected chi connectivity index (χ1v) is 8.51. The summed E-state index contributed by atoms with van der Waals surface area (Å²) in [4.78, 5) is 0. The maximum atomic E-state index is 5.70. The third-order valence-corrected chi connectivity index (χ3v) is 6.74. The summed E-state index contributed by atoms with van der Waals surface area (Å²) < 4.78 is 11.1. The molecule has 10 heavy (non-hydrogen) atoms. The van der Waals surface area contributed by atoms with Crippen molar-refractivity contribution in [1.82, 2.24) is 0 Å². The van der Waals surface area contributed by atoms with Crippen molar-refractivity contribution >= 4 is 18.3 Å². The molecular weight excluding hydrogens is 160 g/mol. The molecule has 0 aromatic heterocycles. The van der Waals surface area contributed by atoms with Crippen molar-refractivity contribution in [2.45, 2.75) is 33.0 Å². The van der Waals surface area contributed by atoms with E-state index in [0.29, 0.717) is 0 Å². The van der Waals surface area contributed by atoms with Crippen LogP contribution in [0.15, 0.2) is 0 Å².